The van der Waals surface area contributed by atoms with Crippen molar-refractivity contribution in [3.63, 3.8) is 0 Å². The van der Waals surface area contributed by atoms with Crippen molar-refractivity contribution in [2.24, 2.45) is 0 Å². The summed E-state index contributed by atoms with van der Waals surface area (Å²) in [4.78, 5) is 8.01. The maximum atomic E-state index is 2.47. The van der Waals surface area contributed by atoms with E-state index in [9.17, 15) is 0 Å². The Morgan fingerprint density at radius 1 is 0.543 bits per heavy atom. The lowest BCUT2D eigenvalue weighted by atomic mass is 10.1. The summed E-state index contributed by atoms with van der Waals surface area (Å²) < 4.78 is 2.47. The van der Waals surface area contributed by atoms with Gasteiger partial charge < -0.3 is 4.57 Å². The lowest BCUT2D eigenvalue weighted by Gasteiger charge is -2.05. The van der Waals surface area contributed by atoms with Gasteiger partial charge in [-0.15, -0.1) is 45.3 Å². The van der Waals surface area contributed by atoms with Crippen molar-refractivity contribution in [2.45, 2.75) is 13.5 Å². The van der Waals surface area contributed by atoms with Crippen molar-refractivity contribution in [2.75, 3.05) is 0 Å². The quantitative estimate of drug-likeness (QED) is 0.211. The van der Waals surface area contributed by atoms with E-state index in [0.717, 1.165) is 6.54 Å². The lowest BCUT2D eigenvalue weighted by Crippen LogP contribution is -1.93. The average Bonchev–Trinajstić information content (AvgIpc) is 3.72. The molecule has 0 bridgehead atoms. The van der Waals surface area contributed by atoms with Crippen molar-refractivity contribution in [3.05, 3.63) is 95.7 Å². The Morgan fingerprint density at radius 2 is 1.03 bits per heavy atom. The van der Waals surface area contributed by atoms with Crippen molar-refractivity contribution < 1.29 is 0 Å². The number of hydrogen-bond acceptors (Lipinski definition) is 4. The predicted molar refractivity (Wildman–Crippen MR) is 158 cm³/mol. The summed E-state index contributed by atoms with van der Waals surface area (Å²) in [6.45, 7) is 3.20. The van der Waals surface area contributed by atoms with Crippen molar-refractivity contribution in [3.8, 4) is 40.4 Å². The number of nitrogens with zero attached hydrogens (tertiary/aromatic N) is 1. The summed E-state index contributed by atoms with van der Waals surface area (Å²) in [5.74, 6) is 0. The predicted octanol–water partition coefficient (Wildman–Crippen LogP) is 10.7. The lowest BCUT2D eigenvalue weighted by molar-refractivity contribution is 0.827. The molecule has 5 heteroatoms. The Labute approximate surface area is 220 Å². The van der Waals surface area contributed by atoms with Crippen LogP contribution in [0.15, 0.2) is 95.7 Å². The van der Waals surface area contributed by atoms with Gasteiger partial charge >= 0.3 is 0 Å². The molecule has 0 N–H and O–H groups in total. The SMILES string of the molecule is CCn1c2cc(-c3ccc(-c4cccs4)s3)ccc2c2ccc(-c3ccc(-c4cccs4)s3)cc21. The third-order valence-electron chi connectivity index (χ3n) is 6.49. The second kappa shape index (κ2) is 8.61. The van der Waals surface area contributed by atoms with Gasteiger partial charge in [0.2, 0.25) is 0 Å². The zero-order chi connectivity index (χ0) is 23.4. The highest BCUT2D eigenvalue weighted by molar-refractivity contribution is 7.23. The highest BCUT2D eigenvalue weighted by Crippen LogP contribution is 2.41. The molecule has 0 aliphatic heterocycles. The number of rotatable bonds is 5. The minimum absolute atomic E-state index is 0.947. The highest BCUT2D eigenvalue weighted by Gasteiger charge is 2.14. The van der Waals surface area contributed by atoms with Gasteiger partial charge in [-0.25, -0.2) is 0 Å². The zero-order valence-electron chi connectivity index (χ0n) is 19.0. The van der Waals surface area contributed by atoms with Crippen LogP contribution >= 0.6 is 45.3 Å². The van der Waals surface area contributed by atoms with Crippen LogP contribution in [-0.2, 0) is 6.54 Å². The molecule has 1 nitrogen and oxygen atoms in total. The Kier molecular flexibility index (Phi) is 5.25. The smallest absolute Gasteiger partial charge is 0.0497 e. The normalized spacial score (nSPS) is 11.7. The molecule has 7 rings (SSSR count). The fourth-order valence-corrected chi connectivity index (χ4v) is 8.50. The number of benzene rings is 2. The van der Waals surface area contributed by atoms with E-state index in [4.69, 9.17) is 0 Å². The number of aromatic nitrogens is 1. The monoisotopic (exact) mass is 523 g/mol. The van der Waals surface area contributed by atoms with Crippen LogP contribution in [0.2, 0.25) is 0 Å². The minimum Gasteiger partial charge on any atom is -0.341 e. The minimum atomic E-state index is 0.947. The molecule has 0 fully saturated rings. The fraction of sp³-hybridized carbons (Fsp3) is 0.0667. The molecule has 7 aromatic rings. The molecule has 5 heterocycles. The molecule has 0 aliphatic carbocycles. The summed E-state index contributed by atoms with van der Waals surface area (Å²) in [6, 6.07) is 31.6. The molecule has 0 amide bonds. The van der Waals surface area contributed by atoms with Gasteiger partial charge in [-0.3, -0.25) is 0 Å². The standard InChI is InChI=1S/C30H21NS4/c1-2-31-23-17-19(25-11-13-29(34-25)27-5-3-15-32-27)7-9-21(23)22-10-8-20(18-24(22)31)26-12-14-30(35-26)28-6-4-16-33-28/h3-18H,2H2,1H3. The number of thiophene rings is 4. The van der Waals surface area contributed by atoms with Crippen molar-refractivity contribution in [1.29, 1.82) is 0 Å². The van der Waals surface area contributed by atoms with Crippen LogP contribution in [0.25, 0.3) is 62.2 Å². The molecule has 0 atom stereocenters. The van der Waals surface area contributed by atoms with Crippen LogP contribution in [0.5, 0.6) is 0 Å². The van der Waals surface area contributed by atoms with Gasteiger partial charge in [0.1, 0.15) is 0 Å². The Hall–Kier alpha value is -2.96. The zero-order valence-corrected chi connectivity index (χ0v) is 22.3. The topological polar surface area (TPSA) is 4.93 Å². The Bertz CT molecular complexity index is 1650. The Balaban J connectivity index is 1.32. The van der Waals surface area contributed by atoms with Crippen LogP contribution in [0.1, 0.15) is 6.92 Å². The average molecular weight is 524 g/mol. The second-order valence-corrected chi connectivity index (χ2v) is 12.6. The number of hydrogen-bond donors (Lipinski definition) is 0. The van der Waals surface area contributed by atoms with Crippen LogP contribution < -0.4 is 0 Å². The third kappa shape index (κ3) is 3.62. The summed E-state index contributed by atoms with van der Waals surface area (Å²) in [5, 5.41) is 6.96. The van der Waals surface area contributed by atoms with Gasteiger partial charge in [0.05, 0.1) is 0 Å². The van der Waals surface area contributed by atoms with Crippen LogP contribution in [0.4, 0.5) is 0 Å². The van der Waals surface area contributed by atoms with E-state index in [-0.39, 0.29) is 0 Å². The first kappa shape index (κ1) is 21.3. The van der Waals surface area contributed by atoms with E-state index in [1.165, 1.54) is 62.2 Å². The molecule has 170 valence electrons. The molecule has 0 spiro atoms. The van der Waals surface area contributed by atoms with Gasteiger partial charge in [-0.1, -0.05) is 36.4 Å². The molecule has 0 saturated heterocycles. The molecular weight excluding hydrogens is 503 g/mol. The molecule has 0 saturated carbocycles. The first-order chi connectivity index (χ1) is 17.3. The molecule has 0 aliphatic rings. The summed E-state index contributed by atoms with van der Waals surface area (Å²) >= 11 is 7.36. The van der Waals surface area contributed by atoms with Crippen molar-refractivity contribution >= 4 is 67.2 Å². The maximum Gasteiger partial charge on any atom is 0.0497 e. The van der Waals surface area contributed by atoms with Gasteiger partial charge in [0.15, 0.2) is 0 Å². The van der Waals surface area contributed by atoms with Crippen LogP contribution in [0.3, 0.4) is 0 Å². The molecule has 5 aromatic heterocycles. The van der Waals surface area contributed by atoms with Crippen molar-refractivity contribution in [1.82, 2.24) is 4.57 Å². The highest BCUT2D eigenvalue weighted by atomic mass is 32.1. The molecule has 0 unspecified atom stereocenters. The van der Waals surface area contributed by atoms with E-state index in [2.05, 4.69) is 107 Å². The van der Waals surface area contributed by atoms with E-state index < -0.39 is 0 Å². The maximum absolute atomic E-state index is 2.47. The summed E-state index contributed by atoms with van der Waals surface area (Å²) in [6.07, 6.45) is 0. The number of aryl methyl sites for hydroxylation is 1. The molecule has 2 aromatic carbocycles. The first-order valence-corrected chi connectivity index (χ1v) is 15.0. The second-order valence-electron chi connectivity index (χ2n) is 8.49. The molecule has 0 radical (unpaired) electrons. The van der Waals surface area contributed by atoms with Gasteiger partial charge in [0, 0.05) is 57.6 Å². The summed E-state index contributed by atoms with van der Waals surface area (Å²) in [5.41, 5.74) is 5.21. The fourth-order valence-electron chi connectivity index (χ4n) is 4.83. The molecule has 35 heavy (non-hydrogen) atoms. The van der Waals surface area contributed by atoms with Crippen LogP contribution in [0, 0.1) is 0 Å². The third-order valence-corrected chi connectivity index (χ3v) is 10.9. The van der Waals surface area contributed by atoms with Gasteiger partial charge in [-0.2, -0.15) is 0 Å². The van der Waals surface area contributed by atoms with E-state index in [1.54, 1.807) is 22.7 Å². The van der Waals surface area contributed by atoms with Gasteiger partial charge in [0.25, 0.3) is 0 Å². The molecular formula is C30H21NS4. The summed E-state index contributed by atoms with van der Waals surface area (Å²) in [7, 11) is 0. The van der Waals surface area contributed by atoms with Crippen LogP contribution in [-0.4, -0.2) is 4.57 Å². The van der Waals surface area contributed by atoms with E-state index in [1.807, 2.05) is 22.7 Å². The Morgan fingerprint density at radius 3 is 1.46 bits per heavy atom. The first-order valence-electron chi connectivity index (χ1n) is 11.6. The number of fused-ring (bicyclic) bond motifs is 3. The van der Waals surface area contributed by atoms with E-state index in [0.29, 0.717) is 0 Å². The van der Waals surface area contributed by atoms with E-state index >= 15 is 0 Å². The van der Waals surface area contributed by atoms with Gasteiger partial charge in [-0.05, 0) is 77.3 Å². The largest absolute Gasteiger partial charge is 0.341 e.